The summed E-state index contributed by atoms with van der Waals surface area (Å²) in [5, 5.41) is 3.25. The van der Waals surface area contributed by atoms with Crippen LogP contribution in [0.15, 0.2) is 29.2 Å². The molecule has 5 nitrogen and oxygen atoms in total. The monoisotopic (exact) mass is 338 g/mol. The van der Waals surface area contributed by atoms with Gasteiger partial charge >= 0.3 is 0 Å². The third-order valence-electron chi connectivity index (χ3n) is 4.64. The average molecular weight is 338 g/mol. The van der Waals surface area contributed by atoms with Gasteiger partial charge in [-0.25, -0.2) is 8.42 Å². The standard InChI is InChI=1S/C17H26N2O3S/c1-4-23(21,22)15-10-6-5-9-14(15)18-13-17(11-7-8-12-17)16(20)19(2)3/h5-6,9-10,18H,4,7-8,11-13H2,1-3H3. The number of rotatable bonds is 6. The highest BCUT2D eigenvalue weighted by atomic mass is 32.2. The van der Waals surface area contributed by atoms with Gasteiger partial charge in [0.2, 0.25) is 5.91 Å². The van der Waals surface area contributed by atoms with Gasteiger partial charge in [0.25, 0.3) is 0 Å². The number of para-hydroxylation sites is 1. The zero-order valence-corrected chi connectivity index (χ0v) is 14.9. The van der Waals surface area contributed by atoms with Crippen molar-refractivity contribution in [2.75, 3.05) is 31.7 Å². The van der Waals surface area contributed by atoms with E-state index in [0.29, 0.717) is 17.1 Å². The van der Waals surface area contributed by atoms with Crippen molar-refractivity contribution >= 4 is 21.4 Å². The van der Waals surface area contributed by atoms with Crippen molar-refractivity contribution < 1.29 is 13.2 Å². The first-order valence-electron chi connectivity index (χ1n) is 8.10. The van der Waals surface area contributed by atoms with Crippen LogP contribution >= 0.6 is 0 Å². The van der Waals surface area contributed by atoms with Crippen LogP contribution in [0.25, 0.3) is 0 Å². The Morgan fingerprint density at radius 1 is 1.22 bits per heavy atom. The molecule has 0 heterocycles. The number of hydrogen-bond acceptors (Lipinski definition) is 4. The van der Waals surface area contributed by atoms with E-state index in [4.69, 9.17) is 0 Å². The van der Waals surface area contributed by atoms with E-state index in [-0.39, 0.29) is 11.7 Å². The van der Waals surface area contributed by atoms with E-state index in [1.54, 1.807) is 44.1 Å². The molecule has 0 radical (unpaired) electrons. The van der Waals surface area contributed by atoms with Crippen LogP contribution in [0, 0.1) is 5.41 Å². The number of nitrogens with zero attached hydrogens (tertiary/aromatic N) is 1. The van der Waals surface area contributed by atoms with Gasteiger partial charge in [-0.15, -0.1) is 0 Å². The Hall–Kier alpha value is -1.56. The lowest BCUT2D eigenvalue weighted by atomic mass is 9.84. The molecule has 1 saturated carbocycles. The summed E-state index contributed by atoms with van der Waals surface area (Å²) in [6, 6.07) is 6.93. The Kier molecular flexibility index (Phi) is 5.34. The number of benzene rings is 1. The number of carbonyl (C=O) groups excluding carboxylic acids is 1. The molecule has 1 fully saturated rings. The van der Waals surface area contributed by atoms with E-state index in [0.717, 1.165) is 25.7 Å². The van der Waals surface area contributed by atoms with E-state index < -0.39 is 15.3 Å². The molecule has 0 spiro atoms. The maximum atomic E-state index is 12.6. The molecule has 1 aliphatic carbocycles. The second-order valence-electron chi connectivity index (χ2n) is 6.44. The lowest BCUT2D eigenvalue weighted by molar-refractivity contribution is -0.138. The van der Waals surface area contributed by atoms with Crippen molar-refractivity contribution in [1.29, 1.82) is 0 Å². The van der Waals surface area contributed by atoms with Gasteiger partial charge < -0.3 is 10.2 Å². The Morgan fingerprint density at radius 2 is 1.83 bits per heavy atom. The number of amides is 1. The molecule has 2 rings (SSSR count). The van der Waals surface area contributed by atoms with Crippen LogP contribution in [0.1, 0.15) is 32.6 Å². The van der Waals surface area contributed by atoms with Gasteiger partial charge in [0.1, 0.15) is 0 Å². The summed E-state index contributed by atoms with van der Waals surface area (Å²) in [4.78, 5) is 14.5. The molecule has 6 heteroatoms. The smallest absolute Gasteiger partial charge is 0.230 e. The minimum atomic E-state index is -3.29. The molecule has 0 saturated heterocycles. The zero-order chi connectivity index (χ0) is 17.1. The highest BCUT2D eigenvalue weighted by Gasteiger charge is 2.42. The molecule has 0 bridgehead atoms. The summed E-state index contributed by atoms with van der Waals surface area (Å²) in [5.74, 6) is 0.186. The van der Waals surface area contributed by atoms with Gasteiger partial charge in [0.15, 0.2) is 9.84 Å². The topological polar surface area (TPSA) is 66.5 Å². The van der Waals surface area contributed by atoms with E-state index in [2.05, 4.69) is 5.32 Å². The molecular formula is C17H26N2O3S. The lowest BCUT2D eigenvalue weighted by Gasteiger charge is -2.31. The molecular weight excluding hydrogens is 312 g/mol. The highest BCUT2D eigenvalue weighted by molar-refractivity contribution is 7.91. The normalized spacial score (nSPS) is 17.0. The van der Waals surface area contributed by atoms with Gasteiger partial charge in [-0.05, 0) is 25.0 Å². The van der Waals surface area contributed by atoms with Gasteiger partial charge in [-0.1, -0.05) is 31.9 Å². The fraction of sp³-hybridized carbons (Fsp3) is 0.588. The highest BCUT2D eigenvalue weighted by Crippen LogP contribution is 2.40. The fourth-order valence-electron chi connectivity index (χ4n) is 3.30. The molecule has 1 aliphatic rings. The fourth-order valence-corrected chi connectivity index (χ4v) is 4.37. The van der Waals surface area contributed by atoms with Crippen LogP contribution in [0.2, 0.25) is 0 Å². The molecule has 23 heavy (non-hydrogen) atoms. The number of carbonyl (C=O) groups is 1. The van der Waals surface area contributed by atoms with Crippen molar-refractivity contribution in [3.8, 4) is 0 Å². The van der Waals surface area contributed by atoms with Gasteiger partial charge in [0, 0.05) is 20.6 Å². The van der Waals surface area contributed by atoms with E-state index in [9.17, 15) is 13.2 Å². The van der Waals surface area contributed by atoms with Crippen LogP contribution < -0.4 is 5.32 Å². The van der Waals surface area contributed by atoms with E-state index in [1.165, 1.54) is 0 Å². The Labute approximate surface area is 139 Å². The van der Waals surface area contributed by atoms with Crippen molar-refractivity contribution in [3.63, 3.8) is 0 Å². The first kappa shape index (κ1) is 17.8. The van der Waals surface area contributed by atoms with E-state index >= 15 is 0 Å². The number of sulfone groups is 1. The van der Waals surface area contributed by atoms with Crippen molar-refractivity contribution in [3.05, 3.63) is 24.3 Å². The molecule has 1 N–H and O–H groups in total. The summed E-state index contributed by atoms with van der Waals surface area (Å²) < 4.78 is 24.4. The summed E-state index contributed by atoms with van der Waals surface area (Å²) >= 11 is 0. The molecule has 1 aromatic rings. The second kappa shape index (κ2) is 6.91. The van der Waals surface area contributed by atoms with Gasteiger partial charge in [0.05, 0.1) is 21.8 Å². The summed E-state index contributed by atoms with van der Waals surface area (Å²) in [5.41, 5.74) is 0.166. The van der Waals surface area contributed by atoms with Crippen molar-refractivity contribution in [2.45, 2.75) is 37.5 Å². The number of anilines is 1. The zero-order valence-electron chi connectivity index (χ0n) is 14.1. The quantitative estimate of drug-likeness (QED) is 0.865. The minimum absolute atomic E-state index is 0.0630. The summed E-state index contributed by atoms with van der Waals surface area (Å²) in [6.45, 7) is 2.11. The Bertz CT molecular complexity index is 662. The third kappa shape index (κ3) is 3.68. The second-order valence-corrected chi connectivity index (χ2v) is 8.69. The first-order valence-corrected chi connectivity index (χ1v) is 9.75. The van der Waals surface area contributed by atoms with Gasteiger partial charge in [-0.3, -0.25) is 4.79 Å². The Morgan fingerprint density at radius 3 is 2.39 bits per heavy atom. The average Bonchev–Trinajstić information content (AvgIpc) is 3.02. The first-order chi connectivity index (χ1) is 10.8. The minimum Gasteiger partial charge on any atom is -0.383 e. The summed E-state index contributed by atoms with van der Waals surface area (Å²) in [7, 11) is 0.263. The van der Waals surface area contributed by atoms with Crippen LogP contribution in [-0.2, 0) is 14.6 Å². The van der Waals surface area contributed by atoms with Crippen molar-refractivity contribution in [2.24, 2.45) is 5.41 Å². The molecule has 0 aromatic heterocycles. The van der Waals surface area contributed by atoms with Crippen LogP contribution in [0.5, 0.6) is 0 Å². The van der Waals surface area contributed by atoms with Crippen LogP contribution in [-0.4, -0.2) is 45.6 Å². The Balaban J connectivity index is 2.25. The number of nitrogens with one attached hydrogen (secondary N) is 1. The largest absolute Gasteiger partial charge is 0.383 e. The maximum absolute atomic E-state index is 12.6. The molecule has 128 valence electrons. The van der Waals surface area contributed by atoms with Gasteiger partial charge in [-0.2, -0.15) is 0 Å². The van der Waals surface area contributed by atoms with E-state index in [1.807, 2.05) is 6.07 Å². The summed E-state index contributed by atoms with van der Waals surface area (Å²) in [6.07, 6.45) is 3.77. The third-order valence-corrected chi connectivity index (χ3v) is 6.43. The number of hydrogen-bond donors (Lipinski definition) is 1. The molecule has 0 aliphatic heterocycles. The maximum Gasteiger partial charge on any atom is 0.230 e. The van der Waals surface area contributed by atoms with Crippen LogP contribution in [0.4, 0.5) is 5.69 Å². The molecule has 0 atom stereocenters. The van der Waals surface area contributed by atoms with Crippen LogP contribution in [0.3, 0.4) is 0 Å². The lowest BCUT2D eigenvalue weighted by Crippen LogP contribution is -2.43. The SMILES string of the molecule is CCS(=O)(=O)c1ccccc1NCC1(C(=O)N(C)C)CCCC1. The molecule has 1 aromatic carbocycles. The predicted octanol–water partition coefficient (Wildman–Crippen LogP) is 2.54. The van der Waals surface area contributed by atoms with Crippen molar-refractivity contribution in [1.82, 2.24) is 4.90 Å². The molecule has 0 unspecified atom stereocenters. The predicted molar refractivity (Wildman–Crippen MR) is 92.3 cm³/mol. The molecule has 1 amide bonds.